The normalized spacial score (nSPS) is 28.1. The van der Waals surface area contributed by atoms with Crippen LogP contribution in [0.1, 0.15) is 51.4 Å². The van der Waals surface area contributed by atoms with Crippen LogP contribution in [-0.4, -0.2) is 41.8 Å². The van der Waals surface area contributed by atoms with E-state index >= 15 is 0 Å². The van der Waals surface area contributed by atoms with Gasteiger partial charge in [-0.05, 0) is 25.2 Å². The van der Waals surface area contributed by atoms with E-state index in [1.807, 2.05) is 0 Å². The lowest BCUT2D eigenvalue weighted by Crippen LogP contribution is -2.48. The fourth-order valence-corrected chi connectivity index (χ4v) is 3.66. The summed E-state index contributed by atoms with van der Waals surface area (Å²) in [6, 6.07) is 0.0281. The number of likely N-dealkylation sites (tertiary alicyclic amines) is 1. The van der Waals surface area contributed by atoms with Crippen LogP contribution >= 0.6 is 0 Å². The van der Waals surface area contributed by atoms with E-state index < -0.39 is 5.97 Å². The molecular weight excluding hydrogens is 258 g/mol. The Balaban J connectivity index is 2.00. The fraction of sp³-hybridized carbons (Fsp3) is 0.867. The molecular formula is C15H25NO4. The molecule has 1 heterocycles. The summed E-state index contributed by atoms with van der Waals surface area (Å²) in [5, 5.41) is 9.21. The van der Waals surface area contributed by atoms with E-state index in [-0.39, 0.29) is 18.1 Å². The van der Waals surface area contributed by atoms with Gasteiger partial charge < -0.3 is 14.7 Å². The van der Waals surface area contributed by atoms with Gasteiger partial charge in [-0.1, -0.05) is 32.1 Å². The van der Waals surface area contributed by atoms with Gasteiger partial charge in [-0.3, -0.25) is 4.79 Å². The molecule has 0 radical (unpaired) electrons. The molecule has 0 bridgehead atoms. The van der Waals surface area contributed by atoms with E-state index in [2.05, 4.69) is 0 Å². The highest BCUT2D eigenvalue weighted by Crippen LogP contribution is 2.33. The van der Waals surface area contributed by atoms with Gasteiger partial charge in [0.15, 0.2) is 0 Å². The first-order valence-electron chi connectivity index (χ1n) is 7.69. The molecule has 1 aliphatic heterocycles. The smallest absolute Gasteiger partial charge is 0.409 e. The van der Waals surface area contributed by atoms with Gasteiger partial charge in [0, 0.05) is 12.6 Å². The maximum absolute atomic E-state index is 11.9. The fourth-order valence-electron chi connectivity index (χ4n) is 3.66. The quantitative estimate of drug-likeness (QED) is 0.864. The lowest BCUT2D eigenvalue weighted by molar-refractivity contribution is -0.144. The molecule has 2 atom stereocenters. The third kappa shape index (κ3) is 3.64. The molecule has 0 aromatic rings. The minimum Gasteiger partial charge on any atom is -0.481 e. The predicted octanol–water partition coefficient (Wildman–Crippen LogP) is 2.89. The monoisotopic (exact) mass is 283 g/mol. The van der Waals surface area contributed by atoms with E-state index in [0.717, 1.165) is 6.42 Å². The third-order valence-corrected chi connectivity index (χ3v) is 4.80. The third-order valence-electron chi connectivity index (χ3n) is 4.80. The maximum atomic E-state index is 11.9. The molecule has 5 nitrogen and oxygen atoms in total. The number of methoxy groups -OCH3 is 1. The zero-order valence-corrected chi connectivity index (χ0v) is 12.2. The topological polar surface area (TPSA) is 66.8 Å². The van der Waals surface area contributed by atoms with Crippen molar-refractivity contribution in [1.29, 1.82) is 0 Å². The average Bonchev–Trinajstić information content (AvgIpc) is 2.47. The van der Waals surface area contributed by atoms with Crippen LogP contribution in [0.3, 0.4) is 0 Å². The minimum atomic E-state index is -0.733. The number of ether oxygens (including phenoxy) is 1. The molecule has 1 amide bonds. The molecule has 20 heavy (non-hydrogen) atoms. The number of aliphatic carboxylic acids is 1. The molecule has 2 aliphatic rings. The number of nitrogens with zero attached hydrogens (tertiary/aromatic N) is 1. The molecule has 0 spiro atoms. The van der Waals surface area contributed by atoms with Crippen molar-refractivity contribution in [2.45, 2.75) is 57.4 Å². The second-order valence-corrected chi connectivity index (χ2v) is 6.12. The van der Waals surface area contributed by atoms with Crippen molar-refractivity contribution in [3.8, 4) is 0 Å². The Hall–Kier alpha value is -1.26. The Morgan fingerprint density at radius 1 is 1.20 bits per heavy atom. The standard InChI is InChI=1S/C15H25NO4/c1-20-15(19)16-8-7-12(14(17)18)10-13(16)9-11-5-3-2-4-6-11/h11-13H,2-10H2,1H3,(H,17,18). The molecule has 0 aromatic carbocycles. The van der Waals surface area contributed by atoms with Crippen molar-refractivity contribution >= 4 is 12.1 Å². The number of hydrogen-bond donors (Lipinski definition) is 1. The van der Waals surface area contributed by atoms with Crippen molar-refractivity contribution in [3.63, 3.8) is 0 Å². The van der Waals surface area contributed by atoms with Crippen LogP contribution in [0.15, 0.2) is 0 Å². The lowest BCUT2D eigenvalue weighted by atomic mass is 9.80. The number of amides is 1. The maximum Gasteiger partial charge on any atom is 0.409 e. The summed E-state index contributed by atoms with van der Waals surface area (Å²) in [6.45, 7) is 0.501. The zero-order valence-electron chi connectivity index (χ0n) is 12.2. The molecule has 1 N–H and O–H groups in total. The Labute approximate surface area is 120 Å². The van der Waals surface area contributed by atoms with Gasteiger partial charge >= 0.3 is 12.1 Å². The summed E-state index contributed by atoms with van der Waals surface area (Å²) in [5.41, 5.74) is 0. The molecule has 5 heteroatoms. The molecule has 1 saturated carbocycles. The first kappa shape index (κ1) is 15.1. The molecule has 114 valence electrons. The molecule has 0 aromatic heterocycles. The number of carboxylic acids is 1. The number of rotatable bonds is 3. The van der Waals surface area contributed by atoms with E-state index in [1.54, 1.807) is 4.90 Å². The summed E-state index contributed by atoms with van der Waals surface area (Å²) >= 11 is 0. The van der Waals surface area contributed by atoms with Crippen LogP contribution in [0, 0.1) is 11.8 Å². The molecule has 2 rings (SSSR count). The van der Waals surface area contributed by atoms with Crippen LogP contribution in [-0.2, 0) is 9.53 Å². The molecule has 2 unspecified atom stereocenters. The van der Waals surface area contributed by atoms with E-state index in [0.29, 0.717) is 25.3 Å². The van der Waals surface area contributed by atoms with Gasteiger partial charge in [-0.15, -0.1) is 0 Å². The second-order valence-electron chi connectivity index (χ2n) is 6.12. The Morgan fingerprint density at radius 2 is 1.90 bits per heavy atom. The summed E-state index contributed by atoms with van der Waals surface area (Å²) < 4.78 is 4.84. The Morgan fingerprint density at radius 3 is 2.50 bits per heavy atom. The predicted molar refractivity (Wildman–Crippen MR) is 74.5 cm³/mol. The van der Waals surface area contributed by atoms with Gasteiger partial charge in [0.1, 0.15) is 0 Å². The Kier molecular flexibility index (Phi) is 5.26. The summed E-state index contributed by atoms with van der Waals surface area (Å²) in [5.74, 6) is -0.416. The van der Waals surface area contributed by atoms with Gasteiger partial charge in [-0.25, -0.2) is 4.79 Å². The van der Waals surface area contributed by atoms with Gasteiger partial charge in [0.05, 0.1) is 13.0 Å². The lowest BCUT2D eigenvalue weighted by Gasteiger charge is -2.39. The minimum absolute atomic E-state index is 0.0281. The highest BCUT2D eigenvalue weighted by atomic mass is 16.5. The van der Waals surface area contributed by atoms with Crippen molar-refractivity contribution < 1.29 is 19.4 Å². The first-order chi connectivity index (χ1) is 9.61. The average molecular weight is 283 g/mol. The van der Waals surface area contributed by atoms with Crippen LogP contribution in [0.25, 0.3) is 0 Å². The highest BCUT2D eigenvalue weighted by Gasteiger charge is 2.36. The van der Waals surface area contributed by atoms with Crippen molar-refractivity contribution in [3.05, 3.63) is 0 Å². The summed E-state index contributed by atoms with van der Waals surface area (Å²) in [6.07, 6.45) is 7.97. The number of carboxylic acid groups (broad SMARTS) is 1. The van der Waals surface area contributed by atoms with Gasteiger partial charge in [0.2, 0.25) is 0 Å². The largest absolute Gasteiger partial charge is 0.481 e. The zero-order chi connectivity index (χ0) is 14.5. The van der Waals surface area contributed by atoms with Gasteiger partial charge in [-0.2, -0.15) is 0 Å². The number of carbonyl (C=O) groups is 2. The van der Waals surface area contributed by atoms with Crippen molar-refractivity contribution in [2.75, 3.05) is 13.7 Å². The summed E-state index contributed by atoms with van der Waals surface area (Å²) in [4.78, 5) is 24.8. The second kappa shape index (κ2) is 6.95. The van der Waals surface area contributed by atoms with Crippen molar-refractivity contribution in [2.24, 2.45) is 11.8 Å². The van der Waals surface area contributed by atoms with E-state index in [4.69, 9.17) is 4.74 Å². The molecule has 1 saturated heterocycles. The number of piperidine rings is 1. The van der Waals surface area contributed by atoms with Crippen molar-refractivity contribution in [1.82, 2.24) is 4.90 Å². The first-order valence-corrected chi connectivity index (χ1v) is 7.69. The number of carbonyl (C=O) groups excluding carboxylic acids is 1. The van der Waals surface area contributed by atoms with E-state index in [9.17, 15) is 14.7 Å². The highest BCUT2D eigenvalue weighted by molar-refractivity contribution is 5.72. The molecule has 1 aliphatic carbocycles. The molecule has 2 fully saturated rings. The Bertz CT molecular complexity index is 352. The SMILES string of the molecule is COC(=O)N1CCC(C(=O)O)CC1CC1CCCCC1. The summed E-state index contributed by atoms with van der Waals surface area (Å²) in [7, 11) is 1.39. The van der Waals surface area contributed by atoms with Crippen LogP contribution in [0.5, 0.6) is 0 Å². The van der Waals surface area contributed by atoms with E-state index in [1.165, 1.54) is 39.2 Å². The van der Waals surface area contributed by atoms with Crippen LogP contribution in [0.4, 0.5) is 4.79 Å². The van der Waals surface area contributed by atoms with Gasteiger partial charge in [0.25, 0.3) is 0 Å². The van der Waals surface area contributed by atoms with Crippen LogP contribution < -0.4 is 0 Å². The number of hydrogen-bond acceptors (Lipinski definition) is 3. The van der Waals surface area contributed by atoms with Crippen LogP contribution in [0.2, 0.25) is 0 Å².